The zero-order valence-electron chi connectivity index (χ0n) is 21.2. The van der Waals surface area contributed by atoms with Crippen LogP contribution in [0.15, 0.2) is 42.5 Å². The molecule has 0 amide bonds. The summed E-state index contributed by atoms with van der Waals surface area (Å²) in [7, 11) is 0. The average molecular weight is 581 g/mol. The van der Waals surface area contributed by atoms with E-state index in [2.05, 4.69) is 81.2 Å². The second-order valence-corrected chi connectivity index (χ2v) is 12.6. The summed E-state index contributed by atoms with van der Waals surface area (Å²) in [6, 6.07) is 15.5. The van der Waals surface area contributed by atoms with Crippen LogP contribution in [0.1, 0.15) is 122 Å². The highest BCUT2D eigenvalue weighted by molar-refractivity contribution is 9.09. The van der Waals surface area contributed by atoms with Crippen LogP contribution in [0.3, 0.4) is 0 Å². The van der Waals surface area contributed by atoms with Crippen molar-refractivity contribution in [1.82, 2.24) is 0 Å². The van der Waals surface area contributed by atoms with Gasteiger partial charge in [-0.2, -0.15) is 0 Å². The van der Waals surface area contributed by atoms with Crippen molar-refractivity contribution in [2.45, 2.75) is 132 Å². The lowest BCUT2D eigenvalue weighted by atomic mass is 9.99. The van der Waals surface area contributed by atoms with Crippen LogP contribution in [0.2, 0.25) is 0 Å². The minimum atomic E-state index is 0.569. The van der Waals surface area contributed by atoms with Gasteiger partial charge in [0.15, 0.2) is 0 Å². The van der Waals surface area contributed by atoms with Gasteiger partial charge < -0.3 is 0 Å². The molecule has 2 aromatic carbocycles. The van der Waals surface area contributed by atoms with E-state index in [1.807, 2.05) is 0 Å². The van der Waals surface area contributed by atoms with Gasteiger partial charge in [0.1, 0.15) is 0 Å². The molecule has 0 N–H and O–H groups in total. The van der Waals surface area contributed by atoms with Crippen molar-refractivity contribution in [3.8, 4) is 0 Å². The minimum Gasteiger partial charge on any atom is -0.0891 e. The topological polar surface area (TPSA) is 0 Å². The normalized spacial score (nSPS) is 13.4. The van der Waals surface area contributed by atoms with Crippen LogP contribution in [0.25, 0.3) is 10.8 Å². The fourth-order valence-corrected chi connectivity index (χ4v) is 6.22. The molecule has 2 heteroatoms. The molecule has 2 rings (SSSR count). The van der Waals surface area contributed by atoms with E-state index in [4.69, 9.17) is 0 Å². The molecule has 0 nitrogen and oxygen atoms in total. The number of rotatable bonds is 20. The van der Waals surface area contributed by atoms with Crippen LogP contribution >= 0.6 is 31.9 Å². The van der Waals surface area contributed by atoms with E-state index in [0.29, 0.717) is 9.65 Å². The molecular formula is C31H48Br2. The lowest BCUT2D eigenvalue weighted by Gasteiger charge is -2.14. The lowest BCUT2D eigenvalue weighted by Crippen LogP contribution is -2.05. The molecule has 2 aromatic rings. The molecule has 0 saturated carbocycles. The second-order valence-electron chi connectivity index (χ2n) is 10.00. The third-order valence-corrected chi connectivity index (χ3v) is 8.67. The van der Waals surface area contributed by atoms with Crippen molar-refractivity contribution in [2.24, 2.45) is 0 Å². The Balaban J connectivity index is 1.42. The van der Waals surface area contributed by atoms with E-state index in [0.717, 1.165) is 6.42 Å². The van der Waals surface area contributed by atoms with Gasteiger partial charge in [-0.05, 0) is 42.0 Å². The van der Waals surface area contributed by atoms with Gasteiger partial charge in [0.05, 0.1) is 0 Å². The molecule has 0 aliphatic rings. The van der Waals surface area contributed by atoms with Crippen LogP contribution in [0.4, 0.5) is 0 Å². The van der Waals surface area contributed by atoms with Crippen molar-refractivity contribution in [3.63, 3.8) is 0 Å². The number of fused-ring (bicyclic) bond motifs is 1. The molecule has 33 heavy (non-hydrogen) atoms. The molecule has 0 spiro atoms. The van der Waals surface area contributed by atoms with Crippen LogP contribution in [0.5, 0.6) is 0 Å². The van der Waals surface area contributed by atoms with Crippen molar-refractivity contribution in [1.29, 1.82) is 0 Å². The molecule has 0 bridgehead atoms. The number of unbranched alkanes of at least 4 members (excludes halogenated alkanes) is 12. The summed E-state index contributed by atoms with van der Waals surface area (Å²) in [4.78, 5) is 1.27. The summed E-state index contributed by atoms with van der Waals surface area (Å²) < 4.78 is 0. The van der Waals surface area contributed by atoms with Gasteiger partial charge in [-0.3, -0.25) is 0 Å². The quantitative estimate of drug-likeness (QED) is 0.108. The van der Waals surface area contributed by atoms with E-state index < -0.39 is 0 Å². The van der Waals surface area contributed by atoms with Gasteiger partial charge in [-0.1, -0.05) is 171 Å². The van der Waals surface area contributed by atoms with E-state index >= 15 is 0 Å². The van der Waals surface area contributed by atoms with Crippen molar-refractivity contribution in [2.75, 3.05) is 0 Å². The van der Waals surface area contributed by atoms with E-state index in [1.54, 1.807) is 0 Å². The molecule has 0 radical (unpaired) electrons. The SMILES string of the molecule is CCCCCCCCCCCCCCCC(Br)CCCC(Br)Cc1cccc2ccccc12. The van der Waals surface area contributed by atoms with Gasteiger partial charge in [0.25, 0.3) is 0 Å². The maximum Gasteiger partial charge on any atom is 0.0186 e. The highest BCUT2D eigenvalue weighted by Crippen LogP contribution is 2.25. The summed E-state index contributed by atoms with van der Waals surface area (Å²) >= 11 is 7.90. The Bertz CT molecular complexity index is 720. The van der Waals surface area contributed by atoms with Crippen molar-refractivity contribution in [3.05, 3.63) is 48.0 Å². The van der Waals surface area contributed by atoms with Crippen molar-refractivity contribution >= 4 is 42.6 Å². The Labute approximate surface area is 222 Å². The molecule has 186 valence electrons. The summed E-state index contributed by atoms with van der Waals surface area (Å²) in [5.74, 6) is 0. The predicted molar refractivity (Wildman–Crippen MR) is 157 cm³/mol. The Morgan fingerprint density at radius 1 is 0.545 bits per heavy atom. The Kier molecular flexibility index (Phi) is 16.6. The van der Waals surface area contributed by atoms with E-state index in [-0.39, 0.29) is 0 Å². The first-order chi connectivity index (χ1) is 16.2. The summed E-state index contributed by atoms with van der Waals surface area (Å²) in [5.41, 5.74) is 1.47. The second kappa shape index (κ2) is 18.9. The molecule has 0 heterocycles. The van der Waals surface area contributed by atoms with Gasteiger partial charge in [-0.15, -0.1) is 0 Å². The first kappa shape index (κ1) is 28.9. The van der Waals surface area contributed by atoms with Crippen LogP contribution < -0.4 is 0 Å². The molecule has 0 aromatic heterocycles. The molecular weight excluding hydrogens is 532 g/mol. The lowest BCUT2D eigenvalue weighted by molar-refractivity contribution is 0.529. The highest BCUT2D eigenvalue weighted by Gasteiger charge is 2.10. The Morgan fingerprint density at radius 3 is 1.73 bits per heavy atom. The summed E-state index contributed by atoms with van der Waals surface area (Å²) in [5, 5.41) is 2.76. The maximum atomic E-state index is 3.95. The van der Waals surface area contributed by atoms with Crippen LogP contribution in [0, 0.1) is 0 Å². The number of alkyl halides is 2. The van der Waals surface area contributed by atoms with Crippen molar-refractivity contribution < 1.29 is 0 Å². The standard InChI is InChI=1S/C31H48Br2/c1-2-3-4-5-6-7-8-9-10-11-12-13-14-22-29(32)23-18-24-30(33)26-28-21-17-20-27-19-15-16-25-31(27)28/h15-17,19-21,25,29-30H,2-14,18,22-24,26H2,1H3. The Morgan fingerprint density at radius 2 is 1.06 bits per heavy atom. The van der Waals surface area contributed by atoms with E-state index in [9.17, 15) is 0 Å². The van der Waals surface area contributed by atoms with Gasteiger partial charge in [-0.25, -0.2) is 0 Å². The fourth-order valence-electron chi connectivity index (χ4n) is 4.90. The smallest absolute Gasteiger partial charge is 0.0186 e. The minimum absolute atomic E-state index is 0.569. The number of benzene rings is 2. The van der Waals surface area contributed by atoms with E-state index in [1.165, 1.54) is 125 Å². The molecule has 0 aliphatic heterocycles. The zero-order chi connectivity index (χ0) is 23.6. The third-order valence-electron chi connectivity index (χ3n) is 6.98. The number of hydrogen-bond donors (Lipinski definition) is 0. The predicted octanol–water partition coefficient (Wildman–Crippen LogP) is 11.6. The molecule has 0 fully saturated rings. The highest BCUT2D eigenvalue weighted by atomic mass is 79.9. The first-order valence-electron chi connectivity index (χ1n) is 14.0. The largest absolute Gasteiger partial charge is 0.0891 e. The number of hydrogen-bond acceptors (Lipinski definition) is 0. The van der Waals surface area contributed by atoms with Gasteiger partial charge >= 0.3 is 0 Å². The Hall–Kier alpha value is -0.340. The van der Waals surface area contributed by atoms with Crippen LogP contribution in [-0.2, 0) is 6.42 Å². The summed E-state index contributed by atoms with van der Waals surface area (Å²) in [6.07, 6.45) is 25.0. The molecule has 0 aliphatic carbocycles. The summed E-state index contributed by atoms with van der Waals surface area (Å²) in [6.45, 7) is 2.30. The zero-order valence-corrected chi connectivity index (χ0v) is 24.4. The van der Waals surface area contributed by atoms with Gasteiger partial charge in [0.2, 0.25) is 0 Å². The monoisotopic (exact) mass is 578 g/mol. The fraction of sp³-hybridized carbons (Fsp3) is 0.677. The first-order valence-corrected chi connectivity index (χ1v) is 15.8. The molecule has 0 saturated heterocycles. The maximum absolute atomic E-state index is 3.95. The number of halogens is 2. The van der Waals surface area contributed by atoms with Gasteiger partial charge in [0, 0.05) is 9.65 Å². The molecule has 2 atom stereocenters. The van der Waals surface area contributed by atoms with Crippen LogP contribution in [-0.4, -0.2) is 9.65 Å². The molecule has 2 unspecified atom stereocenters. The third kappa shape index (κ3) is 13.4. The average Bonchev–Trinajstić information content (AvgIpc) is 2.82.